The largest absolute Gasteiger partial charge is 0.506 e. The minimum absolute atomic E-state index is 0.0636. The number of carbonyl (C=O) groups is 1. The van der Waals surface area contributed by atoms with Crippen LogP contribution >= 0.6 is 11.6 Å². The van der Waals surface area contributed by atoms with E-state index in [-0.39, 0.29) is 21.4 Å². The van der Waals surface area contributed by atoms with Crippen LogP contribution in [0, 0.1) is 13.8 Å². The molecular weight excluding hydrogens is 464 g/mol. The van der Waals surface area contributed by atoms with Crippen molar-refractivity contribution in [1.82, 2.24) is 4.98 Å². The molecule has 0 unspecified atom stereocenters. The van der Waals surface area contributed by atoms with E-state index < -0.39 is 32.3 Å². The molecule has 1 aromatic heterocycles. The summed E-state index contributed by atoms with van der Waals surface area (Å²) >= 11 is 5.82. The molecule has 0 saturated carbocycles. The number of nitrogens with one attached hydrogen (secondary N) is 1. The van der Waals surface area contributed by atoms with Crippen LogP contribution in [-0.2, 0) is 9.84 Å². The molecule has 0 aliphatic carbocycles. The van der Waals surface area contributed by atoms with Gasteiger partial charge in [0.1, 0.15) is 5.75 Å². The Morgan fingerprint density at radius 1 is 0.970 bits per heavy atom. The minimum Gasteiger partial charge on any atom is -0.506 e. The van der Waals surface area contributed by atoms with Crippen LogP contribution in [0.3, 0.4) is 0 Å². The number of halogens is 1. The zero-order chi connectivity index (χ0) is 23.9. The highest BCUT2D eigenvalue weighted by Crippen LogP contribution is 2.40. The van der Waals surface area contributed by atoms with Gasteiger partial charge in [-0.2, -0.15) is 0 Å². The standard InChI is InChI=1S/C24H19ClN2O5S/c1-13-3-4-14(2)19(11-13)26-23(29)15-5-10-18-20(12-15)27-24(30)22(21(18)28)33(31,32)17-8-6-16(25)7-9-17/h3-12H,1-2H3,(H,26,29)(H2,27,28,30). The molecule has 4 rings (SSSR count). The van der Waals surface area contributed by atoms with E-state index in [1.807, 2.05) is 32.0 Å². The first-order valence-corrected chi connectivity index (χ1v) is 11.7. The summed E-state index contributed by atoms with van der Waals surface area (Å²) in [6.07, 6.45) is 0. The summed E-state index contributed by atoms with van der Waals surface area (Å²) in [4.78, 5) is 15.8. The van der Waals surface area contributed by atoms with Gasteiger partial charge in [-0.15, -0.1) is 0 Å². The van der Waals surface area contributed by atoms with Crippen molar-refractivity contribution in [2.45, 2.75) is 23.6 Å². The monoisotopic (exact) mass is 482 g/mol. The van der Waals surface area contributed by atoms with Crippen molar-refractivity contribution in [3.63, 3.8) is 0 Å². The molecule has 3 N–H and O–H groups in total. The smallest absolute Gasteiger partial charge is 0.255 e. The Kier molecular flexibility index (Phi) is 5.73. The average molecular weight is 483 g/mol. The molecule has 3 aromatic carbocycles. The maximum absolute atomic E-state index is 13.0. The third kappa shape index (κ3) is 4.22. The van der Waals surface area contributed by atoms with E-state index in [1.54, 1.807) is 0 Å². The van der Waals surface area contributed by atoms with Gasteiger partial charge in [0.15, 0.2) is 4.90 Å². The second-order valence-corrected chi connectivity index (χ2v) is 9.90. The predicted octanol–water partition coefficient (Wildman–Crippen LogP) is 5.00. The molecule has 1 heterocycles. The SMILES string of the molecule is Cc1ccc(C)c(NC(=O)c2ccc3c(O)c(S(=O)(=O)c4ccc(Cl)cc4)c(O)nc3c2)c1. The Labute approximate surface area is 195 Å². The van der Waals surface area contributed by atoms with Gasteiger partial charge < -0.3 is 15.5 Å². The second-order valence-electron chi connectivity index (χ2n) is 7.57. The quantitative estimate of drug-likeness (QED) is 0.377. The van der Waals surface area contributed by atoms with Gasteiger partial charge >= 0.3 is 0 Å². The van der Waals surface area contributed by atoms with Crippen LogP contribution in [0.2, 0.25) is 5.02 Å². The summed E-state index contributed by atoms with van der Waals surface area (Å²) < 4.78 is 26.0. The molecule has 0 aliphatic rings. The lowest BCUT2D eigenvalue weighted by atomic mass is 10.1. The first-order valence-electron chi connectivity index (χ1n) is 9.83. The van der Waals surface area contributed by atoms with Crippen LogP contribution in [0.1, 0.15) is 21.5 Å². The molecule has 1 amide bonds. The van der Waals surface area contributed by atoms with Gasteiger partial charge in [-0.25, -0.2) is 13.4 Å². The number of carbonyl (C=O) groups excluding carboxylic acids is 1. The van der Waals surface area contributed by atoms with E-state index in [9.17, 15) is 23.4 Å². The Morgan fingerprint density at radius 2 is 1.67 bits per heavy atom. The summed E-state index contributed by atoms with van der Waals surface area (Å²) in [6, 6.07) is 15.2. The molecule has 168 valence electrons. The number of fused-ring (bicyclic) bond motifs is 1. The summed E-state index contributed by atoms with van der Waals surface area (Å²) in [5, 5.41) is 24.3. The highest BCUT2D eigenvalue weighted by atomic mass is 35.5. The second kappa shape index (κ2) is 8.38. The fourth-order valence-corrected chi connectivity index (χ4v) is 4.91. The summed E-state index contributed by atoms with van der Waals surface area (Å²) in [6.45, 7) is 3.78. The number of sulfone groups is 1. The third-order valence-electron chi connectivity index (χ3n) is 5.19. The lowest BCUT2D eigenvalue weighted by Gasteiger charge is -2.12. The number of benzene rings is 3. The van der Waals surface area contributed by atoms with Gasteiger partial charge in [0.2, 0.25) is 15.7 Å². The Bertz CT molecular complexity index is 1520. The van der Waals surface area contributed by atoms with E-state index in [2.05, 4.69) is 10.3 Å². The van der Waals surface area contributed by atoms with Gasteiger partial charge in [-0.05, 0) is 73.5 Å². The van der Waals surface area contributed by atoms with Crippen LogP contribution in [0.4, 0.5) is 5.69 Å². The third-order valence-corrected chi connectivity index (χ3v) is 7.25. The van der Waals surface area contributed by atoms with Crippen LogP contribution in [0.25, 0.3) is 10.9 Å². The number of aromatic nitrogens is 1. The summed E-state index contributed by atoms with van der Waals surface area (Å²) in [7, 11) is -4.28. The molecule has 0 fully saturated rings. The van der Waals surface area contributed by atoms with Crippen LogP contribution < -0.4 is 5.32 Å². The lowest BCUT2D eigenvalue weighted by Crippen LogP contribution is -2.13. The van der Waals surface area contributed by atoms with E-state index in [0.717, 1.165) is 11.1 Å². The Morgan fingerprint density at radius 3 is 2.36 bits per heavy atom. The van der Waals surface area contributed by atoms with Crippen molar-refractivity contribution in [3.05, 3.63) is 82.4 Å². The summed E-state index contributed by atoms with van der Waals surface area (Å²) in [5.41, 5.74) is 2.82. The molecular formula is C24H19ClN2O5S. The maximum Gasteiger partial charge on any atom is 0.255 e. The zero-order valence-corrected chi connectivity index (χ0v) is 19.2. The van der Waals surface area contributed by atoms with Crippen LogP contribution in [0.5, 0.6) is 11.6 Å². The normalized spacial score (nSPS) is 11.5. The molecule has 9 heteroatoms. The maximum atomic E-state index is 13.0. The molecule has 0 spiro atoms. The van der Waals surface area contributed by atoms with Crippen molar-refractivity contribution >= 4 is 43.9 Å². The number of pyridine rings is 1. The summed E-state index contributed by atoms with van der Waals surface area (Å²) in [5.74, 6) is -1.94. The van der Waals surface area contributed by atoms with Crippen LogP contribution in [-0.4, -0.2) is 29.5 Å². The zero-order valence-electron chi connectivity index (χ0n) is 17.6. The van der Waals surface area contributed by atoms with Gasteiger partial charge in [0.25, 0.3) is 5.91 Å². The molecule has 0 saturated heterocycles. The number of rotatable bonds is 4. The topological polar surface area (TPSA) is 117 Å². The van der Waals surface area contributed by atoms with Crippen molar-refractivity contribution < 1.29 is 23.4 Å². The highest BCUT2D eigenvalue weighted by molar-refractivity contribution is 7.91. The number of amides is 1. The number of anilines is 1. The number of hydrogen-bond acceptors (Lipinski definition) is 6. The molecule has 33 heavy (non-hydrogen) atoms. The van der Waals surface area contributed by atoms with Crippen molar-refractivity contribution in [3.8, 4) is 11.6 Å². The van der Waals surface area contributed by atoms with Crippen molar-refractivity contribution in [2.24, 2.45) is 0 Å². The predicted molar refractivity (Wildman–Crippen MR) is 126 cm³/mol. The van der Waals surface area contributed by atoms with Crippen molar-refractivity contribution in [1.29, 1.82) is 0 Å². The number of nitrogens with zero attached hydrogens (tertiary/aromatic N) is 1. The first-order chi connectivity index (χ1) is 15.6. The van der Waals surface area contributed by atoms with E-state index in [4.69, 9.17) is 11.6 Å². The molecule has 7 nitrogen and oxygen atoms in total. The first kappa shape index (κ1) is 22.6. The Balaban J connectivity index is 1.75. The number of hydrogen-bond donors (Lipinski definition) is 3. The van der Waals surface area contributed by atoms with Gasteiger partial charge in [0, 0.05) is 21.7 Å². The number of aromatic hydroxyl groups is 2. The van der Waals surface area contributed by atoms with E-state index in [1.165, 1.54) is 42.5 Å². The minimum atomic E-state index is -4.28. The van der Waals surface area contributed by atoms with Gasteiger partial charge in [0.05, 0.1) is 10.4 Å². The lowest BCUT2D eigenvalue weighted by molar-refractivity contribution is 0.102. The van der Waals surface area contributed by atoms with E-state index in [0.29, 0.717) is 10.7 Å². The fourth-order valence-electron chi connectivity index (χ4n) is 3.40. The molecule has 4 aromatic rings. The van der Waals surface area contributed by atoms with Crippen LogP contribution in [0.15, 0.2) is 70.5 Å². The Hall–Kier alpha value is -3.62. The van der Waals surface area contributed by atoms with Gasteiger partial charge in [-0.1, -0.05) is 23.7 Å². The molecule has 0 bridgehead atoms. The molecule has 0 atom stereocenters. The number of aryl methyl sites for hydroxylation is 2. The van der Waals surface area contributed by atoms with Gasteiger partial charge in [-0.3, -0.25) is 4.79 Å². The highest BCUT2D eigenvalue weighted by Gasteiger charge is 2.29. The molecule has 0 aliphatic heterocycles. The van der Waals surface area contributed by atoms with Crippen molar-refractivity contribution in [2.75, 3.05) is 5.32 Å². The average Bonchev–Trinajstić information content (AvgIpc) is 2.76. The van der Waals surface area contributed by atoms with E-state index >= 15 is 0 Å². The molecule has 0 radical (unpaired) electrons. The fraction of sp³-hybridized carbons (Fsp3) is 0.0833.